The smallest absolute Gasteiger partial charge is 0.410 e. The summed E-state index contributed by atoms with van der Waals surface area (Å²) in [5, 5.41) is 3.84. The molecule has 1 atom stereocenters. The van der Waals surface area contributed by atoms with Gasteiger partial charge in [-0.15, -0.1) is 0 Å². The summed E-state index contributed by atoms with van der Waals surface area (Å²) in [4.78, 5) is 22.8. The Morgan fingerprint density at radius 3 is 2.84 bits per heavy atom. The van der Waals surface area contributed by atoms with Gasteiger partial charge in [-0.05, 0) is 57.0 Å². The lowest BCUT2D eigenvalue weighted by atomic mass is 9.97. The highest BCUT2D eigenvalue weighted by atomic mass is 35.5. The predicted octanol–water partition coefficient (Wildman–Crippen LogP) is 5.89. The molecule has 162 valence electrons. The minimum absolute atomic E-state index is 0.0391. The van der Waals surface area contributed by atoms with Gasteiger partial charge in [0.1, 0.15) is 17.7 Å². The zero-order chi connectivity index (χ0) is 22.2. The number of ether oxygens (including phenoxy) is 1. The largest absolute Gasteiger partial charge is 0.444 e. The van der Waals surface area contributed by atoms with Crippen molar-refractivity contribution in [1.29, 1.82) is 0 Å². The number of aromatic nitrogens is 2. The van der Waals surface area contributed by atoms with Crippen molar-refractivity contribution in [3.05, 3.63) is 59.1 Å². The number of halogens is 2. The van der Waals surface area contributed by atoms with Crippen molar-refractivity contribution in [2.45, 2.75) is 38.7 Å². The Hall–Kier alpha value is -2.93. The summed E-state index contributed by atoms with van der Waals surface area (Å²) in [6.07, 6.45) is 1.98. The van der Waals surface area contributed by atoms with Crippen LogP contribution in [0.5, 0.6) is 0 Å². The molecule has 0 bridgehead atoms. The standard InChI is InChI=1S/C23H24ClFN4O2/c1-23(2,3)31-22(30)29-10-9-15(12-29)14-7-8-18-16(11-14)21(27-13-26-18)28-19-6-4-5-17(24)20(19)25/h4-8,11,13,15H,9-10,12H2,1-3H3,(H,26,27,28). The van der Waals surface area contributed by atoms with E-state index in [9.17, 15) is 9.18 Å². The molecule has 2 heterocycles. The zero-order valence-corrected chi connectivity index (χ0v) is 18.4. The van der Waals surface area contributed by atoms with Crippen molar-refractivity contribution in [3.63, 3.8) is 0 Å². The molecular formula is C23H24ClFN4O2. The molecule has 6 nitrogen and oxygen atoms in total. The molecule has 31 heavy (non-hydrogen) atoms. The van der Waals surface area contributed by atoms with Gasteiger partial charge in [-0.2, -0.15) is 0 Å². The van der Waals surface area contributed by atoms with Crippen LogP contribution in [0.4, 0.5) is 20.7 Å². The first-order valence-electron chi connectivity index (χ1n) is 10.1. The van der Waals surface area contributed by atoms with Crippen LogP contribution in [-0.2, 0) is 4.74 Å². The third-order valence-electron chi connectivity index (χ3n) is 5.18. The number of amides is 1. The zero-order valence-electron chi connectivity index (χ0n) is 17.7. The Balaban J connectivity index is 1.59. The second-order valence-electron chi connectivity index (χ2n) is 8.64. The van der Waals surface area contributed by atoms with Crippen molar-refractivity contribution in [2.24, 2.45) is 0 Å². The lowest BCUT2D eigenvalue weighted by Gasteiger charge is -2.24. The Labute approximate surface area is 185 Å². The van der Waals surface area contributed by atoms with Crippen LogP contribution < -0.4 is 5.32 Å². The summed E-state index contributed by atoms with van der Waals surface area (Å²) in [6, 6.07) is 10.7. The van der Waals surface area contributed by atoms with E-state index in [-0.39, 0.29) is 22.7 Å². The molecule has 1 unspecified atom stereocenters. The third kappa shape index (κ3) is 4.71. The summed E-state index contributed by atoms with van der Waals surface area (Å²) in [7, 11) is 0. The van der Waals surface area contributed by atoms with Gasteiger partial charge in [0.05, 0.1) is 16.2 Å². The molecule has 0 radical (unpaired) electrons. The number of hydrogen-bond acceptors (Lipinski definition) is 5. The number of benzene rings is 2. The van der Waals surface area contributed by atoms with E-state index in [2.05, 4.69) is 15.3 Å². The second kappa shape index (κ2) is 8.30. The van der Waals surface area contributed by atoms with Crippen LogP contribution in [0.3, 0.4) is 0 Å². The minimum Gasteiger partial charge on any atom is -0.444 e. The van der Waals surface area contributed by atoms with E-state index in [4.69, 9.17) is 16.3 Å². The van der Waals surface area contributed by atoms with E-state index in [1.54, 1.807) is 17.0 Å². The molecule has 1 aliphatic rings. The summed E-state index contributed by atoms with van der Waals surface area (Å²) in [5.41, 5.74) is 1.54. The van der Waals surface area contributed by atoms with Gasteiger partial charge in [0.2, 0.25) is 0 Å². The van der Waals surface area contributed by atoms with Crippen LogP contribution in [0.25, 0.3) is 10.9 Å². The predicted molar refractivity (Wildman–Crippen MR) is 119 cm³/mol. The van der Waals surface area contributed by atoms with E-state index >= 15 is 0 Å². The van der Waals surface area contributed by atoms with E-state index < -0.39 is 11.4 Å². The van der Waals surface area contributed by atoms with Gasteiger partial charge in [0, 0.05) is 24.4 Å². The van der Waals surface area contributed by atoms with E-state index in [0.717, 1.165) is 22.9 Å². The van der Waals surface area contributed by atoms with Crippen molar-refractivity contribution in [1.82, 2.24) is 14.9 Å². The highest BCUT2D eigenvalue weighted by molar-refractivity contribution is 6.31. The third-order valence-corrected chi connectivity index (χ3v) is 5.47. The molecule has 3 aromatic rings. The maximum absolute atomic E-state index is 14.4. The topological polar surface area (TPSA) is 67.3 Å². The first kappa shape index (κ1) is 21.3. The Kier molecular flexibility index (Phi) is 5.71. The number of rotatable bonds is 3. The molecule has 1 amide bonds. The van der Waals surface area contributed by atoms with Crippen LogP contribution in [0.1, 0.15) is 38.7 Å². The fourth-order valence-corrected chi connectivity index (χ4v) is 3.85. The van der Waals surface area contributed by atoms with Gasteiger partial charge in [0.15, 0.2) is 5.82 Å². The second-order valence-corrected chi connectivity index (χ2v) is 9.04. The molecule has 0 spiro atoms. The maximum atomic E-state index is 14.4. The highest BCUT2D eigenvalue weighted by Gasteiger charge is 2.30. The number of nitrogens with zero attached hydrogens (tertiary/aromatic N) is 3. The van der Waals surface area contributed by atoms with Crippen LogP contribution >= 0.6 is 11.6 Å². The Morgan fingerprint density at radius 1 is 1.26 bits per heavy atom. The molecule has 8 heteroatoms. The Morgan fingerprint density at radius 2 is 2.06 bits per heavy atom. The number of fused-ring (bicyclic) bond motifs is 1. The molecule has 1 saturated heterocycles. The Bertz CT molecular complexity index is 1130. The molecule has 1 N–H and O–H groups in total. The van der Waals surface area contributed by atoms with E-state index in [1.165, 1.54) is 12.4 Å². The van der Waals surface area contributed by atoms with Crippen molar-refractivity contribution in [3.8, 4) is 0 Å². The number of likely N-dealkylation sites (tertiary alicyclic amines) is 1. The summed E-state index contributed by atoms with van der Waals surface area (Å²) in [6.45, 7) is 6.80. The normalized spacial score (nSPS) is 16.5. The SMILES string of the molecule is CC(C)(C)OC(=O)N1CCC(c2ccc3ncnc(Nc4cccc(Cl)c4F)c3c2)C1. The number of carbonyl (C=O) groups excluding carboxylic acids is 1. The quantitative estimate of drug-likeness (QED) is 0.547. The van der Waals surface area contributed by atoms with Gasteiger partial charge in [0.25, 0.3) is 0 Å². The first-order chi connectivity index (χ1) is 14.7. The van der Waals surface area contributed by atoms with Gasteiger partial charge >= 0.3 is 6.09 Å². The van der Waals surface area contributed by atoms with Crippen LogP contribution in [0, 0.1) is 5.82 Å². The molecular weight excluding hydrogens is 419 g/mol. The molecule has 1 aromatic heterocycles. The van der Waals surface area contributed by atoms with Crippen LogP contribution in [0.15, 0.2) is 42.7 Å². The van der Waals surface area contributed by atoms with Gasteiger partial charge < -0.3 is 15.0 Å². The molecule has 0 saturated carbocycles. The van der Waals surface area contributed by atoms with Crippen molar-refractivity contribution >= 4 is 40.1 Å². The van der Waals surface area contributed by atoms with Gasteiger partial charge in [-0.3, -0.25) is 0 Å². The number of carbonyl (C=O) groups is 1. The molecule has 2 aromatic carbocycles. The monoisotopic (exact) mass is 442 g/mol. The van der Waals surface area contributed by atoms with Crippen LogP contribution in [-0.4, -0.2) is 39.7 Å². The number of hydrogen-bond donors (Lipinski definition) is 1. The average molecular weight is 443 g/mol. The lowest BCUT2D eigenvalue weighted by molar-refractivity contribution is 0.0292. The fourth-order valence-electron chi connectivity index (χ4n) is 3.68. The van der Waals surface area contributed by atoms with Gasteiger partial charge in [-0.25, -0.2) is 19.2 Å². The summed E-state index contributed by atoms with van der Waals surface area (Å²) >= 11 is 5.90. The lowest BCUT2D eigenvalue weighted by Crippen LogP contribution is -2.35. The molecule has 1 aliphatic heterocycles. The maximum Gasteiger partial charge on any atom is 0.410 e. The minimum atomic E-state index is -0.532. The van der Waals surface area contributed by atoms with Crippen molar-refractivity contribution in [2.75, 3.05) is 18.4 Å². The highest BCUT2D eigenvalue weighted by Crippen LogP contribution is 2.33. The van der Waals surface area contributed by atoms with Crippen LogP contribution in [0.2, 0.25) is 5.02 Å². The van der Waals surface area contributed by atoms with Gasteiger partial charge in [-0.1, -0.05) is 23.7 Å². The average Bonchev–Trinajstić information content (AvgIpc) is 3.21. The molecule has 1 fully saturated rings. The number of nitrogens with one attached hydrogen (secondary N) is 1. The van der Waals surface area contributed by atoms with E-state index in [0.29, 0.717) is 18.9 Å². The molecule has 4 rings (SSSR count). The van der Waals surface area contributed by atoms with E-state index in [1.807, 2.05) is 39.0 Å². The number of anilines is 2. The van der Waals surface area contributed by atoms with Crippen molar-refractivity contribution < 1.29 is 13.9 Å². The first-order valence-corrected chi connectivity index (χ1v) is 10.5. The molecule has 0 aliphatic carbocycles. The summed E-state index contributed by atoms with van der Waals surface area (Å²) in [5.74, 6) is 0.138. The fraction of sp³-hybridized carbons (Fsp3) is 0.348. The summed E-state index contributed by atoms with van der Waals surface area (Å²) < 4.78 is 19.9.